The quantitative estimate of drug-likeness (QED) is 0.827. The number of carbonyl (C=O) groups is 1. The van der Waals surface area contributed by atoms with Gasteiger partial charge in [-0.05, 0) is 50.1 Å². The summed E-state index contributed by atoms with van der Waals surface area (Å²) in [7, 11) is 3.17. The fourth-order valence-electron chi connectivity index (χ4n) is 3.96. The van der Waals surface area contributed by atoms with Gasteiger partial charge in [-0.25, -0.2) is 0 Å². The van der Waals surface area contributed by atoms with Gasteiger partial charge < -0.3 is 19.3 Å². The third kappa shape index (κ3) is 3.87. The standard InChI is InChI=1S/C22H28N2O3/c1-15-12-16(2)21(17(3)13-15)23-8-10-24(11-9-23)22(25)18-6-7-19(26-4)20(14-18)27-5/h6-7,12-14H,8-11H2,1-5H3. The van der Waals surface area contributed by atoms with Crippen LogP contribution in [0.4, 0.5) is 5.69 Å². The van der Waals surface area contributed by atoms with Crippen LogP contribution in [0, 0.1) is 20.8 Å². The zero-order valence-electron chi connectivity index (χ0n) is 16.8. The fourth-order valence-corrected chi connectivity index (χ4v) is 3.96. The number of rotatable bonds is 4. The van der Waals surface area contributed by atoms with Crippen molar-refractivity contribution in [3.8, 4) is 11.5 Å². The number of amides is 1. The lowest BCUT2D eigenvalue weighted by Crippen LogP contribution is -2.49. The number of carbonyl (C=O) groups excluding carboxylic acids is 1. The smallest absolute Gasteiger partial charge is 0.254 e. The summed E-state index contributed by atoms with van der Waals surface area (Å²) in [5.74, 6) is 1.24. The first kappa shape index (κ1) is 19.1. The van der Waals surface area contributed by atoms with Gasteiger partial charge in [0.15, 0.2) is 11.5 Å². The number of anilines is 1. The minimum Gasteiger partial charge on any atom is -0.493 e. The van der Waals surface area contributed by atoms with Crippen LogP contribution in [-0.4, -0.2) is 51.2 Å². The Bertz CT molecular complexity index is 816. The SMILES string of the molecule is COc1ccc(C(=O)N2CCN(c3c(C)cc(C)cc3C)CC2)cc1OC. The summed E-state index contributed by atoms with van der Waals surface area (Å²) in [6.07, 6.45) is 0. The summed E-state index contributed by atoms with van der Waals surface area (Å²) in [6, 6.07) is 9.78. The minimum absolute atomic E-state index is 0.0351. The molecule has 2 aromatic carbocycles. The molecule has 1 aliphatic rings. The molecule has 1 amide bonds. The largest absolute Gasteiger partial charge is 0.493 e. The summed E-state index contributed by atoms with van der Waals surface area (Å²) in [5.41, 5.74) is 5.82. The second kappa shape index (κ2) is 7.91. The molecule has 0 radical (unpaired) electrons. The van der Waals surface area contributed by atoms with Gasteiger partial charge in [0, 0.05) is 37.4 Å². The molecule has 5 nitrogen and oxygen atoms in total. The van der Waals surface area contributed by atoms with E-state index in [0.717, 1.165) is 13.1 Å². The Morgan fingerprint density at radius 1 is 0.852 bits per heavy atom. The average molecular weight is 368 g/mol. The Kier molecular flexibility index (Phi) is 5.59. The van der Waals surface area contributed by atoms with Crippen LogP contribution in [0.1, 0.15) is 27.0 Å². The van der Waals surface area contributed by atoms with Crippen molar-refractivity contribution in [2.45, 2.75) is 20.8 Å². The Balaban J connectivity index is 1.72. The summed E-state index contributed by atoms with van der Waals surface area (Å²) in [4.78, 5) is 17.2. The summed E-state index contributed by atoms with van der Waals surface area (Å²) >= 11 is 0. The molecule has 0 unspecified atom stereocenters. The first-order chi connectivity index (χ1) is 12.9. The van der Waals surface area contributed by atoms with Gasteiger partial charge in [-0.15, -0.1) is 0 Å². The van der Waals surface area contributed by atoms with Gasteiger partial charge in [0.25, 0.3) is 5.91 Å². The van der Waals surface area contributed by atoms with Crippen LogP contribution in [0.3, 0.4) is 0 Å². The first-order valence-electron chi connectivity index (χ1n) is 9.28. The number of benzene rings is 2. The van der Waals surface area contributed by atoms with E-state index in [-0.39, 0.29) is 5.91 Å². The van der Waals surface area contributed by atoms with Gasteiger partial charge >= 0.3 is 0 Å². The number of hydrogen-bond donors (Lipinski definition) is 0. The van der Waals surface area contributed by atoms with E-state index < -0.39 is 0 Å². The highest BCUT2D eigenvalue weighted by atomic mass is 16.5. The second-order valence-corrected chi connectivity index (χ2v) is 7.10. The van der Waals surface area contributed by atoms with Crippen molar-refractivity contribution in [3.05, 3.63) is 52.6 Å². The lowest BCUT2D eigenvalue weighted by Gasteiger charge is -2.37. The maximum atomic E-state index is 12.9. The number of aryl methyl sites for hydroxylation is 3. The molecular weight excluding hydrogens is 340 g/mol. The highest BCUT2D eigenvalue weighted by Gasteiger charge is 2.24. The molecule has 27 heavy (non-hydrogen) atoms. The lowest BCUT2D eigenvalue weighted by molar-refractivity contribution is 0.0746. The molecule has 0 saturated carbocycles. The molecule has 0 aliphatic carbocycles. The molecule has 1 saturated heterocycles. The molecule has 0 N–H and O–H groups in total. The maximum absolute atomic E-state index is 12.9. The molecule has 2 aromatic rings. The molecule has 0 atom stereocenters. The van der Waals surface area contributed by atoms with Crippen LogP contribution >= 0.6 is 0 Å². The van der Waals surface area contributed by atoms with Crippen molar-refractivity contribution < 1.29 is 14.3 Å². The second-order valence-electron chi connectivity index (χ2n) is 7.10. The molecule has 0 bridgehead atoms. The highest BCUT2D eigenvalue weighted by Crippen LogP contribution is 2.29. The number of nitrogens with zero attached hydrogens (tertiary/aromatic N) is 2. The van der Waals surface area contributed by atoms with E-state index in [1.165, 1.54) is 22.4 Å². The van der Waals surface area contributed by atoms with Crippen LogP contribution in [0.15, 0.2) is 30.3 Å². The number of piperazine rings is 1. The predicted octanol–water partition coefficient (Wildman–Crippen LogP) is 3.59. The van der Waals surface area contributed by atoms with E-state index in [0.29, 0.717) is 30.2 Å². The third-order valence-electron chi connectivity index (χ3n) is 5.15. The first-order valence-corrected chi connectivity index (χ1v) is 9.28. The van der Waals surface area contributed by atoms with Gasteiger partial charge in [-0.3, -0.25) is 4.79 Å². The van der Waals surface area contributed by atoms with Gasteiger partial charge in [0.1, 0.15) is 0 Å². The number of hydrogen-bond acceptors (Lipinski definition) is 4. The van der Waals surface area contributed by atoms with Gasteiger partial charge in [0.2, 0.25) is 0 Å². The molecule has 3 rings (SSSR count). The van der Waals surface area contributed by atoms with E-state index in [1.807, 2.05) is 4.90 Å². The molecule has 1 fully saturated rings. The number of ether oxygens (including phenoxy) is 2. The zero-order valence-corrected chi connectivity index (χ0v) is 16.8. The molecule has 1 heterocycles. The van der Waals surface area contributed by atoms with Crippen molar-refractivity contribution in [2.75, 3.05) is 45.3 Å². The normalized spacial score (nSPS) is 14.3. The number of methoxy groups -OCH3 is 2. The predicted molar refractivity (Wildman–Crippen MR) is 108 cm³/mol. The van der Waals surface area contributed by atoms with E-state index in [9.17, 15) is 4.79 Å². The molecule has 0 spiro atoms. The third-order valence-corrected chi connectivity index (χ3v) is 5.15. The van der Waals surface area contributed by atoms with E-state index in [2.05, 4.69) is 37.8 Å². The summed E-state index contributed by atoms with van der Waals surface area (Å²) < 4.78 is 10.6. The topological polar surface area (TPSA) is 42.0 Å². The van der Waals surface area contributed by atoms with Crippen molar-refractivity contribution in [1.82, 2.24) is 4.90 Å². The average Bonchev–Trinajstić information content (AvgIpc) is 2.66. The van der Waals surface area contributed by atoms with Crippen molar-refractivity contribution in [2.24, 2.45) is 0 Å². The lowest BCUT2D eigenvalue weighted by atomic mass is 10.0. The van der Waals surface area contributed by atoms with Gasteiger partial charge in [-0.1, -0.05) is 17.7 Å². The maximum Gasteiger partial charge on any atom is 0.254 e. The fraction of sp³-hybridized carbons (Fsp3) is 0.409. The van der Waals surface area contributed by atoms with Crippen LogP contribution in [0.25, 0.3) is 0 Å². The Labute approximate surface area is 161 Å². The molecular formula is C22H28N2O3. The summed E-state index contributed by atoms with van der Waals surface area (Å²) in [6.45, 7) is 9.55. The van der Waals surface area contributed by atoms with Crippen LogP contribution in [-0.2, 0) is 0 Å². The van der Waals surface area contributed by atoms with Crippen LogP contribution < -0.4 is 14.4 Å². The zero-order chi connectivity index (χ0) is 19.6. The van der Waals surface area contributed by atoms with E-state index in [1.54, 1.807) is 32.4 Å². The molecule has 1 aliphatic heterocycles. The van der Waals surface area contributed by atoms with Crippen LogP contribution in [0.5, 0.6) is 11.5 Å². The van der Waals surface area contributed by atoms with Gasteiger partial charge in [-0.2, -0.15) is 0 Å². The summed E-state index contributed by atoms with van der Waals surface area (Å²) in [5, 5.41) is 0. The molecule has 144 valence electrons. The van der Waals surface area contributed by atoms with Gasteiger partial charge in [0.05, 0.1) is 14.2 Å². The Morgan fingerprint density at radius 2 is 1.44 bits per heavy atom. The van der Waals surface area contributed by atoms with Crippen molar-refractivity contribution in [3.63, 3.8) is 0 Å². The van der Waals surface area contributed by atoms with Crippen molar-refractivity contribution in [1.29, 1.82) is 0 Å². The van der Waals surface area contributed by atoms with E-state index in [4.69, 9.17) is 9.47 Å². The monoisotopic (exact) mass is 368 g/mol. The minimum atomic E-state index is 0.0351. The Morgan fingerprint density at radius 3 is 2.00 bits per heavy atom. The van der Waals surface area contributed by atoms with E-state index >= 15 is 0 Å². The van der Waals surface area contributed by atoms with Crippen molar-refractivity contribution >= 4 is 11.6 Å². The Hall–Kier alpha value is -2.69. The molecule has 5 heteroatoms. The highest BCUT2D eigenvalue weighted by molar-refractivity contribution is 5.95. The molecule has 0 aromatic heterocycles. The van der Waals surface area contributed by atoms with Crippen LogP contribution in [0.2, 0.25) is 0 Å².